The number of amides is 1. The Kier molecular flexibility index (Phi) is 4.40. The average molecular weight is 241 g/mol. The van der Waals surface area contributed by atoms with Crippen LogP contribution >= 0.6 is 0 Å². The number of aliphatic hydroxyl groups is 1. The van der Waals surface area contributed by atoms with E-state index in [1.165, 1.54) is 0 Å². The van der Waals surface area contributed by atoms with E-state index in [9.17, 15) is 9.90 Å². The molecule has 0 aromatic carbocycles. The van der Waals surface area contributed by atoms with Crippen LogP contribution in [0, 0.1) is 5.92 Å². The van der Waals surface area contributed by atoms with Crippen LogP contribution in [0.3, 0.4) is 0 Å². The second-order valence-electron chi connectivity index (χ2n) is 5.18. The summed E-state index contributed by atoms with van der Waals surface area (Å²) in [6.45, 7) is 3.71. The van der Waals surface area contributed by atoms with Gasteiger partial charge in [-0.25, -0.2) is 0 Å². The van der Waals surface area contributed by atoms with Crippen LogP contribution in [0.1, 0.15) is 39.0 Å². The molecule has 1 saturated carbocycles. The molecule has 0 spiro atoms. The number of carbonyl (C=O) groups excluding carboxylic acids is 1. The Morgan fingerprint density at radius 1 is 1.47 bits per heavy atom. The Morgan fingerprint density at radius 2 is 2.24 bits per heavy atom. The molecule has 4 heteroatoms. The van der Waals surface area contributed by atoms with Gasteiger partial charge in [0.2, 0.25) is 5.91 Å². The second kappa shape index (κ2) is 5.83. The maximum absolute atomic E-state index is 12.1. The summed E-state index contributed by atoms with van der Waals surface area (Å²) in [7, 11) is 0. The quantitative estimate of drug-likeness (QED) is 0.786. The first-order valence-corrected chi connectivity index (χ1v) is 6.76. The molecule has 2 rings (SSSR count). The summed E-state index contributed by atoms with van der Waals surface area (Å²) < 4.78 is 5.49. The van der Waals surface area contributed by atoms with Gasteiger partial charge in [0, 0.05) is 19.6 Å². The van der Waals surface area contributed by atoms with E-state index in [2.05, 4.69) is 0 Å². The molecule has 98 valence electrons. The molecule has 1 heterocycles. The summed E-state index contributed by atoms with van der Waals surface area (Å²) in [6, 6.07) is 0.0743. The first-order valence-electron chi connectivity index (χ1n) is 6.76. The van der Waals surface area contributed by atoms with E-state index in [1.807, 2.05) is 11.8 Å². The van der Waals surface area contributed by atoms with Crippen LogP contribution in [0.4, 0.5) is 0 Å². The molecule has 1 N–H and O–H groups in total. The molecular weight excluding hydrogens is 218 g/mol. The van der Waals surface area contributed by atoms with Crippen molar-refractivity contribution in [2.24, 2.45) is 5.92 Å². The Balaban J connectivity index is 1.71. The minimum atomic E-state index is 0.0743. The fraction of sp³-hybridized carbons (Fsp3) is 0.923. The number of ether oxygens (including phenoxy) is 1. The lowest BCUT2D eigenvalue weighted by molar-refractivity contribution is -0.136. The van der Waals surface area contributed by atoms with Gasteiger partial charge in [0.1, 0.15) is 0 Å². The largest absolute Gasteiger partial charge is 0.394 e. The molecule has 1 amide bonds. The lowest BCUT2D eigenvalue weighted by Gasteiger charge is -2.36. The van der Waals surface area contributed by atoms with Crippen molar-refractivity contribution in [2.45, 2.75) is 51.2 Å². The fourth-order valence-corrected chi connectivity index (χ4v) is 2.93. The molecular formula is C13H23NO3. The van der Waals surface area contributed by atoms with Crippen molar-refractivity contribution in [1.29, 1.82) is 0 Å². The van der Waals surface area contributed by atoms with E-state index in [0.717, 1.165) is 38.8 Å². The van der Waals surface area contributed by atoms with Gasteiger partial charge >= 0.3 is 0 Å². The van der Waals surface area contributed by atoms with Gasteiger partial charge in [-0.05, 0) is 38.5 Å². The molecule has 0 radical (unpaired) electrons. The Labute approximate surface area is 103 Å². The molecule has 0 aromatic rings. The molecule has 2 fully saturated rings. The number of hydrogen-bond donors (Lipinski definition) is 1. The highest BCUT2D eigenvalue weighted by Crippen LogP contribution is 2.33. The van der Waals surface area contributed by atoms with Crippen molar-refractivity contribution in [3.05, 3.63) is 0 Å². The third-order valence-corrected chi connectivity index (χ3v) is 3.97. The van der Waals surface area contributed by atoms with Crippen LogP contribution in [-0.2, 0) is 9.53 Å². The maximum atomic E-state index is 12.1. The van der Waals surface area contributed by atoms with Gasteiger partial charge in [0.15, 0.2) is 0 Å². The minimum Gasteiger partial charge on any atom is -0.394 e. The lowest BCUT2D eigenvalue weighted by Crippen LogP contribution is -2.41. The monoisotopic (exact) mass is 241 g/mol. The van der Waals surface area contributed by atoms with Crippen LogP contribution in [0.5, 0.6) is 0 Å². The molecule has 1 aliphatic carbocycles. The molecule has 1 saturated heterocycles. The Hall–Kier alpha value is -0.610. The molecule has 0 bridgehead atoms. The van der Waals surface area contributed by atoms with Gasteiger partial charge in [-0.15, -0.1) is 0 Å². The fourth-order valence-electron chi connectivity index (χ4n) is 2.93. The SMILES string of the molecule is CCOC1CC(CC(=O)N2CCC[C@H]2CO)C1. The van der Waals surface area contributed by atoms with Gasteiger partial charge in [-0.3, -0.25) is 4.79 Å². The van der Waals surface area contributed by atoms with E-state index in [-0.39, 0.29) is 18.6 Å². The number of aliphatic hydroxyl groups excluding tert-OH is 1. The minimum absolute atomic E-state index is 0.0743. The summed E-state index contributed by atoms with van der Waals surface area (Å²) in [6.07, 6.45) is 5.05. The van der Waals surface area contributed by atoms with Crippen LogP contribution < -0.4 is 0 Å². The third-order valence-electron chi connectivity index (χ3n) is 3.97. The normalized spacial score (nSPS) is 32.6. The van der Waals surface area contributed by atoms with Crippen LogP contribution in [0.15, 0.2) is 0 Å². The zero-order chi connectivity index (χ0) is 12.3. The summed E-state index contributed by atoms with van der Waals surface area (Å²) in [5.41, 5.74) is 0. The van der Waals surface area contributed by atoms with Crippen molar-refractivity contribution in [3.63, 3.8) is 0 Å². The van der Waals surface area contributed by atoms with E-state index in [4.69, 9.17) is 4.74 Å². The molecule has 17 heavy (non-hydrogen) atoms. The van der Waals surface area contributed by atoms with Crippen molar-refractivity contribution in [3.8, 4) is 0 Å². The predicted molar refractivity (Wildman–Crippen MR) is 64.6 cm³/mol. The molecule has 0 aromatic heterocycles. The van der Waals surface area contributed by atoms with Gasteiger partial charge in [0.05, 0.1) is 18.8 Å². The highest BCUT2D eigenvalue weighted by molar-refractivity contribution is 5.77. The topological polar surface area (TPSA) is 49.8 Å². The van der Waals surface area contributed by atoms with E-state index in [0.29, 0.717) is 18.4 Å². The van der Waals surface area contributed by atoms with Crippen LogP contribution in [0.25, 0.3) is 0 Å². The smallest absolute Gasteiger partial charge is 0.223 e. The van der Waals surface area contributed by atoms with E-state index < -0.39 is 0 Å². The molecule has 1 aliphatic heterocycles. The van der Waals surface area contributed by atoms with E-state index in [1.54, 1.807) is 0 Å². The number of carbonyl (C=O) groups is 1. The standard InChI is InChI=1S/C13H23NO3/c1-2-17-12-6-10(7-12)8-13(16)14-5-3-4-11(14)9-15/h10-12,15H,2-9H2,1H3/t10?,11-,12?/m0/s1. The Morgan fingerprint density at radius 3 is 2.88 bits per heavy atom. The van der Waals surface area contributed by atoms with Gasteiger partial charge in [0.25, 0.3) is 0 Å². The Bertz CT molecular complexity index is 263. The second-order valence-corrected chi connectivity index (χ2v) is 5.18. The van der Waals surface area contributed by atoms with Gasteiger partial charge in [-0.2, -0.15) is 0 Å². The van der Waals surface area contributed by atoms with Crippen LogP contribution in [-0.4, -0.2) is 47.8 Å². The third kappa shape index (κ3) is 2.99. The maximum Gasteiger partial charge on any atom is 0.223 e. The molecule has 1 atom stereocenters. The molecule has 0 unspecified atom stereocenters. The van der Waals surface area contributed by atoms with Gasteiger partial charge in [-0.1, -0.05) is 0 Å². The number of rotatable bonds is 5. The summed E-state index contributed by atoms with van der Waals surface area (Å²) in [5, 5.41) is 9.19. The predicted octanol–water partition coefficient (Wildman–Crippen LogP) is 1.17. The zero-order valence-electron chi connectivity index (χ0n) is 10.6. The van der Waals surface area contributed by atoms with Crippen molar-refractivity contribution >= 4 is 5.91 Å². The zero-order valence-corrected chi connectivity index (χ0v) is 10.6. The summed E-state index contributed by atoms with van der Waals surface area (Å²) >= 11 is 0. The summed E-state index contributed by atoms with van der Waals surface area (Å²) in [4.78, 5) is 13.9. The highest BCUT2D eigenvalue weighted by Gasteiger charge is 2.34. The first kappa shape index (κ1) is 12.8. The van der Waals surface area contributed by atoms with Crippen molar-refractivity contribution < 1.29 is 14.6 Å². The van der Waals surface area contributed by atoms with Crippen molar-refractivity contribution in [2.75, 3.05) is 19.8 Å². The van der Waals surface area contributed by atoms with E-state index >= 15 is 0 Å². The van der Waals surface area contributed by atoms with Crippen LogP contribution in [0.2, 0.25) is 0 Å². The number of likely N-dealkylation sites (tertiary alicyclic amines) is 1. The molecule has 4 nitrogen and oxygen atoms in total. The number of hydrogen-bond acceptors (Lipinski definition) is 3. The summed E-state index contributed by atoms with van der Waals surface area (Å²) in [5.74, 6) is 0.723. The number of nitrogens with zero attached hydrogens (tertiary/aromatic N) is 1. The first-order chi connectivity index (χ1) is 8.24. The molecule has 2 aliphatic rings. The van der Waals surface area contributed by atoms with Gasteiger partial charge < -0.3 is 14.7 Å². The lowest BCUT2D eigenvalue weighted by atomic mass is 9.79. The van der Waals surface area contributed by atoms with Crippen molar-refractivity contribution in [1.82, 2.24) is 4.90 Å². The highest BCUT2D eigenvalue weighted by atomic mass is 16.5. The average Bonchev–Trinajstić information content (AvgIpc) is 2.74.